The number of halogens is 1. The van der Waals surface area contributed by atoms with Gasteiger partial charge in [0.1, 0.15) is 5.75 Å². The number of hydrogen-bond acceptors (Lipinski definition) is 4. The molecule has 0 radical (unpaired) electrons. The van der Waals surface area contributed by atoms with Crippen LogP contribution in [-0.4, -0.2) is 23.8 Å². The van der Waals surface area contributed by atoms with Crippen LogP contribution in [0.1, 0.15) is 62.2 Å². The lowest BCUT2D eigenvalue weighted by Gasteiger charge is -2.10. The fourth-order valence-corrected chi connectivity index (χ4v) is 2.97. The summed E-state index contributed by atoms with van der Waals surface area (Å²) in [5, 5.41) is 9.49. The van der Waals surface area contributed by atoms with E-state index in [4.69, 9.17) is 9.47 Å². The zero-order chi connectivity index (χ0) is 20.2. The molecule has 6 heteroatoms. The molecule has 0 spiro atoms. The molecule has 2 rings (SSSR count). The van der Waals surface area contributed by atoms with Gasteiger partial charge in [-0.2, -0.15) is 0 Å². The first-order chi connectivity index (χ1) is 13.6. The van der Waals surface area contributed by atoms with Gasteiger partial charge in [0.15, 0.2) is 0 Å². The van der Waals surface area contributed by atoms with E-state index < -0.39 is 12.1 Å². The molecule has 1 N–H and O–H groups in total. The Morgan fingerprint density at radius 1 is 0.897 bits per heavy atom. The monoisotopic (exact) mass is 420 g/mol. The molecule has 0 unspecified atom stereocenters. The SMILES string of the molecule is CCCCCCCCCOC(=O)Oc1ccc(-c2ccccc2)c(C(=O)O)c1.Cl. The Labute approximate surface area is 178 Å². The van der Waals surface area contributed by atoms with Crippen molar-refractivity contribution in [2.45, 2.75) is 51.9 Å². The summed E-state index contributed by atoms with van der Waals surface area (Å²) in [5.74, 6) is -0.928. The first-order valence-corrected chi connectivity index (χ1v) is 9.89. The number of benzene rings is 2. The van der Waals surface area contributed by atoms with Crippen molar-refractivity contribution in [1.82, 2.24) is 0 Å². The number of ether oxygens (including phenoxy) is 2. The number of hydrogen-bond donors (Lipinski definition) is 1. The second-order valence-electron chi connectivity index (χ2n) is 6.70. The van der Waals surface area contributed by atoms with E-state index in [1.54, 1.807) is 12.1 Å². The van der Waals surface area contributed by atoms with Crippen LogP contribution in [0.3, 0.4) is 0 Å². The lowest BCUT2D eigenvalue weighted by atomic mass is 9.99. The Bertz CT molecular complexity index is 761. The third-order valence-corrected chi connectivity index (χ3v) is 4.48. The molecule has 0 heterocycles. The zero-order valence-corrected chi connectivity index (χ0v) is 17.6. The lowest BCUT2D eigenvalue weighted by Crippen LogP contribution is -2.12. The van der Waals surface area contributed by atoms with Gasteiger partial charge in [0.2, 0.25) is 0 Å². The van der Waals surface area contributed by atoms with Crippen molar-refractivity contribution in [2.24, 2.45) is 0 Å². The van der Waals surface area contributed by atoms with Gasteiger partial charge in [-0.3, -0.25) is 0 Å². The van der Waals surface area contributed by atoms with Crippen LogP contribution in [0.2, 0.25) is 0 Å². The van der Waals surface area contributed by atoms with Crippen molar-refractivity contribution in [3.63, 3.8) is 0 Å². The van der Waals surface area contributed by atoms with Crippen LogP contribution in [0, 0.1) is 0 Å². The molecule has 0 aliphatic rings. The first kappa shape index (κ1) is 24.5. The van der Waals surface area contributed by atoms with E-state index in [0.29, 0.717) is 12.2 Å². The summed E-state index contributed by atoms with van der Waals surface area (Å²) in [6.45, 7) is 2.49. The van der Waals surface area contributed by atoms with Crippen LogP contribution < -0.4 is 4.74 Å². The highest BCUT2D eigenvalue weighted by atomic mass is 35.5. The normalized spacial score (nSPS) is 10.1. The van der Waals surface area contributed by atoms with Gasteiger partial charge in [-0.1, -0.05) is 75.8 Å². The topological polar surface area (TPSA) is 72.8 Å². The van der Waals surface area contributed by atoms with E-state index in [9.17, 15) is 14.7 Å². The van der Waals surface area contributed by atoms with Gasteiger partial charge in [-0.15, -0.1) is 12.4 Å². The van der Waals surface area contributed by atoms with Crippen molar-refractivity contribution < 1.29 is 24.2 Å². The second-order valence-corrected chi connectivity index (χ2v) is 6.70. The highest BCUT2D eigenvalue weighted by Crippen LogP contribution is 2.27. The average molecular weight is 421 g/mol. The van der Waals surface area contributed by atoms with E-state index in [1.165, 1.54) is 31.7 Å². The van der Waals surface area contributed by atoms with Gasteiger partial charge in [-0.05, 0) is 35.7 Å². The molecule has 0 amide bonds. The van der Waals surface area contributed by atoms with Gasteiger partial charge < -0.3 is 14.6 Å². The maximum atomic E-state index is 11.8. The summed E-state index contributed by atoms with van der Waals surface area (Å²) in [7, 11) is 0. The summed E-state index contributed by atoms with van der Waals surface area (Å²) in [6.07, 6.45) is 7.11. The first-order valence-electron chi connectivity index (χ1n) is 9.89. The highest BCUT2D eigenvalue weighted by molar-refractivity contribution is 5.96. The van der Waals surface area contributed by atoms with Crippen LogP contribution in [0.25, 0.3) is 11.1 Å². The van der Waals surface area contributed by atoms with Crippen molar-refractivity contribution in [3.05, 3.63) is 54.1 Å². The summed E-state index contributed by atoms with van der Waals surface area (Å²) in [6, 6.07) is 13.8. The largest absolute Gasteiger partial charge is 0.513 e. The Hall–Kier alpha value is -2.53. The molecular formula is C23H29ClO5. The molecule has 0 bridgehead atoms. The van der Waals surface area contributed by atoms with Gasteiger partial charge in [0.25, 0.3) is 0 Å². The number of carboxylic acid groups (broad SMARTS) is 1. The quantitative estimate of drug-likeness (QED) is 0.247. The Balaban J connectivity index is 0.00000420. The Morgan fingerprint density at radius 2 is 1.55 bits per heavy atom. The summed E-state index contributed by atoms with van der Waals surface area (Å²) in [5.41, 5.74) is 1.42. The summed E-state index contributed by atoms with van der Waals surface area (Å²) < 4.78 is 10.2. The molecule has 0 saturated carbocycles. The molecule has 0 aliphatic carbocycles. The molecule has 2 aromatic carbocycles. The smallest absolute Gasteiger partial charge is 0.478 e. The molecule has 0 fully saturated rings. The predicted octanol–water partition coefficient (Wildman–Crippen LogP) is 6.74. The van der Waals surface area contributed by atoms with Crippen molar-refractivity contribution in [3.8, 4) is 16.9 Å². The van der Waals surface area contributed by atoms with Gasteiger partial charge in [0.05, 0.1) is 12.2 Å². The molecule has 158 valence electrons. The predicted molar refractivity (Wildman–Crippen MR) is 116 cm³/mol. The van der Waals surface area contributed by atoms with E-state index in [0.717, 1.165) is 24.8 Å². The minimum atomic E-state index is -1.08. The number of carbonyl (C=O) groups is 2. The fourth-order valence-electron chi connectivity index (χ4n) is 2.97. The van der Waals surface area contributed by atoms with Gasteiger partial charge in [-0.25, -0.2) is 9.59 Å². The zero-order valence-electron chi connectivity index (χ0n) is 16.8. The average Bonchev–Trinajstić information content (AvgIpc) is 2.70. The number of carboxylic acids is 1. The number of carbonyl (C=O) groups excluding carboxylic acids is 1. The van der Waals surface area contributed by atoms with Crippen LogP contribution in [0.15, 0.2) is 48.5 Å². The molecule has 0 atom stereocenters. The molecule has 2 aromatic rings. The summed E-state index contributed by atoms with van der Waals surface area (Å²) >= 11 is 0. The molecule has 0 saturated heterocycles. The number of unbranched alkanes of at least 4 members (excludes halogenated alkanes) is 6. The third-order valence-electron chi connectivity index (χ3n) is 4.48. The van der Waals surface area contributed by atoms with E-state index in [1.807, 2.05) is 30.3 Å². The van der Waals surface area contributed by atoms with Crippen molar-refractivity contribution >= 4 is 24.5 Å². The van der Waals surface area contributed by atoms with Gasteiger partial charge >= 0.3 is 12.1 Å². The molecule has 0 aliphatic heterocycles. The minimum absolute atomic E-state index is 0. The van der Waals surface area contributed by atoms with E-state index in [-0.39, 0.29) is 23.7 Å². The third kappa shape index (κ3) is 8.57. The fraction of sp³-hybridized carbons (Fsp3) is 0.391. The van der Waals surface area contributed by atoms with Crippen LogP contribution in [0.4, 0.5) is 4.79 Å². The van der Waals surface area contributed by atoms with Crippen LogP contribution >= 0.6 is 12.4 Å². The number of aromatic carboxylic acids is 1. The number of rotatable bonds is 11. The standard InChI is InChI=1S/C23H28O5.ClH/c1-2-3-4-5-6-7-11-16-27-23(26)28-19-14-15-20(21(17-19)22(24)25)18-12-9-8-10-13-18;/h8-10,12-15,17H,2-7,11,16H2,1H3,(H,24,25);1H. The van der Waals surface area contributed by atoms with Crippen molar-refractivity contribution in [2.75, 3.05) is 6.61 Å². The highest BCUT2D eigenvalue weighted by Gasteiger charge is 2.15. The molecule has 5 nitrogen and oxygen atoms in total. The molecular weight excluding hydrogens is 392 g/mol. The maximum absolute atomic E-state index is 11.8. The van der Waals surface area contributed by atoms with Crippen molar-refractivity contribution in [1.29, 1.82) is 0 Å². The van der Waals surface area contributed by atoms with E-state index >= 15 is 0 Å². The summed E-state index contributed by atoms with van der Waals surface area (Å²) in [4.78, 5) is 23.4. The van der Waals surface area contributed by atoms with E-state index in [2.05, 4.69) is 6.92 Å². The molecule has 0 aromatic heterocycles. The van der Waals surface area contributed by atoms with Crippen LogP contribution in [0.5, 0.6) is 5.75 Å². The van der Waals surface area contributed by atoms with Gasteiger partial charge in [0, 0.05) is 0 Å². The molecule has 29 heavy (non-hydrogen) atoms. The minimum Gasteiger partial charge on any atom is -0.478 e. The van der Waals surface area contributed by atoms with Crippen LogP contribution in [-0.2, 0) is 4.74 Å². The maximum Gasteiger partial charge on any atom is 0.513 e. The Kier molecular flexibility index (Phi) is 11.5. The second kappa shape index (κ2) is 13.6. The Morgan fingerprint density at radius 3 is 2.21 bits per heavy atom. The lowest BCUT2D eigenvalue weighted by molar-refractivity contribution is 0.0695.